The molecular formula is C14H7NO5. The lowest BCUT2D eigenvalue weighted by Gasteiger charge is -2.12. The summed E-state index contributed by atoms with van der Waals surface area (Å²) in [5, 5.41) is 0. The maximum Gasteiger partial charge on any atom is 0.254 e. The van der Waals surface area contributed by atoms with Crippen LogP contribution in [0.15, 0.2) is 28.5 Å². The highest BCUT2D eigenvalue weighted by atomic mass is 16.1. The molecule has 0 aromatic carbocycles. The van der Waals surface area contributed by atoms with Crippen LogP contribution in [0.25, 0.3) is 4.85 Å². The molecule has 6 heteroatoms. The summed E-state index contributed by atoms with van der Waals surface area (Å²) in [4.78, 5) is 56.4. The van der Waals surface area contributed by atoms with E-state index in [0.717, 1.165) is 0 Å². The normalized spacial score (nSPS) is 9.20. The molecule has 0 aromatic rings. The van der Waals surface area contributed by atoms with Crippen molar-refractivity contribution in [1.29, 1.82) is 0 Å². The molecule has 1 unspecified atom stereocenters. The van der Waals surface area contributed by atoms with Gasteiger partial charge in [-0.3, -0.25) is 0 Å². The molecule has 0 spiro atoms. The van der Waals surface area contributed by atoms with Crippen molar-refractivity contribution in [3.63, 3.8) is 0 Å². The summed E-state index contributed by atoms with van der Waals surface area (Å²) in [5.74, 6) is 5.56. The molecule has 1 atom stereocenters. The minimum atomic E-state index is -1.07. The smallest absolute Gasteiger partial charge is 0.248 e. The summed E-state index contributed by atoms with van der Waals surface area (Å²) >= 11 is 0. The van der Waals surface area contributed by atoms with Crippen molar-refractivity contribution in [3.8, 4) is 0 Å². The Balaban J connectivity index is 6.18. The predicted octanol–water partition coefficient (Wildman–Crippen LogP) is 0.309. The van der Waals surface area contributed by atoms with Gasteiger partial charge in [-0.2, -0.15) is 0 Å². The predicted molar refractivity (Wildman–Crippen MR) is 67.5 cm³/mol. The van der Waals surface area contributed by atoms with E-state index in [-0.39, 0.29) is 6.42 Å². The van der Waals surface area contributed by atoms with Gasteiger partial charge in [0.05, 0.1) is 23.3 Å². The van der Waals surface area contributed by atoms with Crippen LogP contribution in [0.5, 0.6) is 0 Å². The van der Waals surface area contributed by atoms with Gasteiger partial charge in [-0.1, -0.05) is 13.3 Å². The molecule has 0 N–H and O–H groups in total. The molecule has 6 nitrogen and oxygen atoms in total. The van der Waals surface area contributed by atoms with Crippen LogP contribution >= 0.6 is 0 Å². The molecule has 0 radical (unpaired) electrons. The van der Waals surface area contributed by atoms with Crippen molar-refractivity contribution in [2.45, 2.75) is 13.3 Å². The zero-order valence-electron chi connectivity index (χ0n) is 10.4. The van der Waals surface area contributed by atoms with Crippen LogP contribution in [0.2, 0.25) is 0 Å². The van der Waals surface area contributed by atoms with E-state index in [1.807, 2.05) is 0 Å². The van der Waals surface area contributed by atoms with E-state index in [4.69, 9.17) is 6.57 Å². The summed E-state index contributed by atoms with van der Waals surface area (Å²) in [6.07, 6.45) is 0.707. The van der Waals surface area contributed by atoms with Gasteiger partial charge in [-0.25, -0.2) is 28.8 Å². The SMILES string of the molecule is [C-]#[N+]C(=C=O)C(CC)C(=C=O)C(=C=O)C(=C=O)C=C=O. The molecule has 0 bridgehead atoms. The van der Waals surface area contributed by atoms with Gasteiger partial charge in [0.25, 0.3) is 5.70 Å². The fraction of sp³-hybridized carbons (Fsp3) is 0.214. The summed E-state index contributed by atoms with van der Waals surface area (Å²) in [7, 11) is 0. The van der Waals surface area contributed by atoms with Crippen LogP contribution in [-0.4, -0.2) is 29.7 Å². The summed E-state index contributed by atoms with van der Waals surface area (Å²) < 4.78 is 0. The Morgan fingerprint density at radius 3 is 2.05 bits per heavy atom. The third-order valence-corrected chi connectivity index (χ3v) is 2.38. The Hall–Kier alpha value is -3.26. The molecule has 0 rings (SSSR count). The fourth-order valence-electron chi connectivity index (χ4n) is 1.47. The van der Waals surface area contributed by atoms with Crippen molar-refractivity contribution < 1.29 is 24.0 Å². The van der Waals surface area contributed by atoms with Crippen LogP contribution in [-0.2, 0) is 24.0 Å². The van der Waals surface area contributed by atoms with Gasteiger partial charge in [-0.05, 0) is 0 Å². The van der Waals surface area contributed by atoms with E-state index in [9.17, 15) is 24.0 Å². The molecule has 0 aliphatic carbocycles. The molecule has 0 aromatic heterocycles. The first-order valence-corrected chi connectivity index (χ1v) is 5.24. The Labute approximate surface area is 113 Å². The monoisotopic (exact) mass is 269 g/mol. The maximum atomic E-state index is 11.0. The van der Waals surface area contributed by atoms with Gasteiger partial charge in [-0.15, -0.1) is 0 Å². The fourth-order valence-corrected chi connectivity index (χ4v) is 1.47. The van der Waals surface area contributed by atoms with Crippen molar-refractivity contribution in [2.75, 3.05) is 0 Å². The number of allylic oxidation sites excluding steroid dienone is 4. The van der Waals surface area contributed by atoms with E-state index in [2.05, 4.69) is 4.85 Å². The average molecular weight is 269 g/mol. The molecule has 0 fully saturated rings. The van der Waals surface area contributed by atoms with Crippen LogP contribution in [0, 0.1) is 12.5 Å². The molecule has 98 valence electrons. The van der Waals surface area contributed by atoms with Crippen molar-refractivity contribution in [2.24, 2.45) is 5.92 Å². The largest absolute Gasteiger partial charge is 0.254 e. The Kier molecular flexibility index (Phi) is 7.35. The number of hydrogen-bond donors (Lipinski definition) is 0. The quantitative estimate of drug-likeness (QED) is 0.393. The minimum Gasteiger partial charge on any atom is -0.248 e. The van der Waals surface area contributed by atoms with Crippen LogP contribution in [0.1, 0.15) is 13.3 Å². The highest BCUT2D eigenvalue weighted by Crippen LogP contribution is 2.28. The standard InChI is InChI=1S/C14H7NO5/c1-3-11(14(9-20)15-2)13(8-19)12(7-18)10(6-17)4-5-16/h4,11H,3H2,1H3. The maximum absolute atomic E-state index is 11.0. The third kappa shape index (κ3) is 3.62. The van der Waals surface area contributed by atoms with Gasteiger partial charge in [0.2, 0.25) is 0 Å². The molecule has 0 aliphatic rings. The van der Waals surface area contributed by atoms with Crippen LogP contribution < -0.4 is 0 Å². The molecule has 20 heavy (non-hydrogen) atoms. The van der Waals surface area contributed by atoms with Gasteiger partial charge < -0.3 is 0 Å². The average Bonchev–Trinajstić information content (AvgIpc) is 2.49. The van der Waals surface area contributed by atoms with E-state index in [1.165, 1.54) is 29.7 Å². The zero-order chi connectivity index (χ0) is 15.5. The lowest BCUT2D eigenvalue weighted by atomic mass is 9.87. The minimum absolute atomic E-state index is 0.111. The lowest BCUT2D eigenvalue weighted by Crippen LogP contribution is -2.10. The zero-order valence-corrected chi connectivity index (χ0v) is 10.4. The van der Waals surface area contributed by atoms with Gasteiger partial charge in [0.15, 0.2) is 0 Å². The second-order valence-electron chi connectivity index (χ2n) is 3.33. The first kappa shape index (κ1) is 16.7. The summed E-state index contributed by atoms with van der Waals surface area (Å²) in [5.41, 5.74) is -2.01. The Morgan fingerprint density at radius 2 is 1.75 bits per heavy atom. The van der Waals surface area contributed by atoms with Crippen molar-refractivity contribution in [3.05, 3.63) is 39.9 Å². The molecule has 0 heterocycles. The summed E-state index contributed by atoms with van der Waals surface area (Å²) in [6, 6.07) is 0. The summed E-state index contributed by atoms with van der Waals surface area (Å²) in [6.45, 7) is 8.36. The van der Waals surface area contributed by atoms with E-state index < -0.39 is 28.3 Å². The first-order valence-electron chi connectivity index (χ1n) is 5.24. The van der Waals surface area contributed by atoms with Crippen molar-refractivity contribution >= 4 is 29.7 Å². The topological polar surface area (TPSA) is 89.7 Å². The molecule has 0 saturated heterocycles. The van der Waals surface area contributed by atoms with Gasteiger partial charge in [0, 0.05) is 12.0 Å². The number of carbonyl (C=O) groups excluding carboxylic acids is 5. The van der Waals surface area contributed by atoms with Crippen LogP contribution in [0.4, 0.5) is 0 Å². The molecule has 0 saturated carbocycles. The first-order chi connectivity index (χ1) is 9.64. The van der Waals surface area contributed by atoms with Crippen molar-refractivity contribution in [1.82, 2.24) is 0 Å². The highest BCUT2D eigenvalue weighted by Gasteiger charge is 2.26. The Bertz CT molecular complexity index is 692. The molecule has 0 amide bonds. The number of nitrogens with zero attached hydrogens (tertiary/aromatic N) is 1. The Morgan fingerprint density at radius 1 is 1.10 bits per heavy atom. The second-order valence-corrected chi connectivity index (χ2v) is 3.33. The van der Waals surface area contributed by atoms with E-state index in [0.29, 0.717) is 6.08 Å². The number of rotatable bonds is 6. The molecule has 0 aliphatic heterocycles. The molecular weight excluding hydrogens is 262 g/mol. The lowest BCUT2D eigenvalue weighted by molar-refractivity contribution is 0.555. The highest BCUT2D eigenvalue weighted by molar-refractivity contribution is 5.87. The van der Waals surface area contributed by atoms with E-state index >= 15 is 0 Å². The second kappa shape index (κ2) is 8.78. The van der Waals surface area contributed by atoms with Gasteiger partial charge >= 0.3 is 0 Å². The van der Waals surface area contributed by atoms with E-state index in [1.54, 1.807) is 6.92 Å². The van der Waals surface area contributed by atoms with Crippen LogP contribution in [0.3, 0.4) is 0 Å². The van der Waals surface area contributed by atoms with Gasteiger partial charge in [0.1, 0.15) is 29.7 Å². The third-order valence-electron chi connectivity index (χ3n) is 2.38. The number of hydrogen-bond acceptors (Lipinski definition) is 5.